The van der Waals surface area contributed by atoms with Crippen LogP contribution in [0.25, 0.3) is 0 Å². The molecule has 0 aliphatic carbocycles. The van der Waals surface area contributed by atoms with E-state index < -0.39 is 5.41 Å². The third-order valence-corrected chi connectivity index (χ3v) is 5.79. The fraction of sp³-hybridized carbons (Fsp3) is 0.815. The highest BCUT2D eigenvalue weighted by Gasteiger charge is 2.34. The lowest BCUT2D eigenvalue weighted by Gasteiger charge is -2.32. The monoisotopic (exact) mass is 468 g/mol. The summed E-state index contributed by atoms with van der Waals surface area (Å²) in [6, 6.07) is -0.258. The van der Waals surface area contributed by atoms with Gasteiger partial charge in [-0.3, -0.25) is 9.59 Å². The summed E-state index contributed by atoms with van der Waals surface area (Å²) in [6.45, 7) is 20.4. The number of likely N-dealkylation sites (N-methyl/N-ethyl adjacent to an activating group) is 1. The van der Waals surface area contributed by atoms with E-state index >= 15 is 0 Å². The highest BCUT2D eigenvalue weighted by molar-refractivity contribution is 5.89. The Hall–Kier alpha value is -1.85. The molecular weight excluding hydrogens is 416 g/mol. The normalized spacial score (nSPS) is 12.7. The topological polar surface area (TPSA) is 75.7 Å². The first kappa shape index (κ1) is 33.3. The van der Waals surface area contributed by atoms with Crippen LogP contribution in [0.5, 0.6) is 0 Å². The van der Waals surface area contributed by atoms with E-state index in [-0.39, 0.29) is 36.3 Å². The van der Waals surface area contributed by atoms with Gasteiger partial charge in [-0.15, -0.1) is 0 Å². The van der Waals surface area contributed by atoms with Crippen molar-refractivity contribution in [2.24, 2.45) is 17.3 Å². The van der Waals surface area contributed by atoms with Crippen molar-refractivity contribution >= 4 is 17.8 Å². The van der Waals surface area contributed by atoms with Crippen molar-refractivity contribution in [3.63, 3.8) is 0 Å². The molecule has 0 bridgehead atoms. The summed E-state index contributed by atoms with van der Waals surface area (Å²) in [7, 11) is 1.71. The Balaban J connectivity index is 0. The number of hydrogen-bond acceptors (Lipinski definition) is 4. The molecule has 194 valence electrons. The van der Waals surface area contributed by atoms with E-state index in [0.717, 1.165) is 38.0 Å². The summed E-state index contributed by atoms with van der Waals surface area (Å²) < 4.78 is 5.03. The number of amides is 2. The number of unbranched alkanes of at least 4 members (excludes halogenated alkanes) is 1. The maximum Gasteiger partial charge on any atom is 0.333 e. The zero-order valence-corrected chi connectivity index (χ0v) is 23.3. The molecule has 0 fully saturated rings. The molecule has 0 rings (SSSR count). The van der Waals surface area contributed by atoms with Gasteiger partial charge in [0.05, 0.1) is 19.2 Å². The average Bonchev–Trinajstić information content (AvgIpc) is 2.75. The Morgan fingerprint density at radius 3 is 1.91 bits per heavy atom. The molecule has 0 unspecified atom stereocenters. The first-order chi connectivity index (χ1) is 15.3. The number of carbonyl (C=O) groups excluding carboxylic acids is 3. The molecular formula is C27H52N2O4. The second-order valence-corrected chi connectivity index (χ2v) is 9.82. The number of carbonyl (C=O) groups is 3. The van der Waals surface area contributed by atoms with E-state index in [1.807, 2.05) is 27.7 Å². The van der Waals surface area contributed by atoms with Crippen molar-refractivity contribution in [1.29, 1.82) is 0 Å². The van der Waals surface area contributed by atoms with Gasteiger partial charge in [0.1, 0.15) is 0 Å². The van der Waals surface area contributed by atoms with Crippen molar-refractivity contribution in [3.05, 3.63) is 11.6 Å². The van der Waals surface area contributed by atoms with Crippen LogP contribution in [-0.2, 0) is 19.1 Å². The van der Waals surface area contributed by atoms with Gasteiger partial charge in [-0.25, -0.2) is 4.79 Å². The molecule has 0 aliphatic rings. The molecule has 0 saturated carbocycles. The molecule has 1 N–H and O–H groups in total. The Morgan fingerprint density at radius 1 is 1.00 bits per heavy atom. The van der Waals surface area contributed by atoms with E-state index in [1.165, 1.54) is 0 Å². The van der Waals surface area contributed by atoms with Crippen LogP contribution in [0.1, 0.15) is 101 Å². The molecule has 0 radical (unpaired) electrons. The van der Waals surface area contributed by atoms with E-state index in [1.54, 1.807) is 31.9 Å². The number of nitrogens with zero attached hydrogens (tertiary/aromatic N) is 1. The third kappa shape index (κ3) is 12.8. The minimum atomic E-state index is -0.410. The zero-order chi connectivity index (χ0) is 26.2. The van der Waals surface area contributed by atoms with Crippen LogP contribution >= 0.6 is 0 Å². The second-order valence-electron chi connectivity index (χ2n) is 9.82. The first-order valence-electron chi connectivity index (χ1n) is 12.7. The minimum Gasteiger partial charge on any atom is -0.463 e. The molecule has 0 aromatic carbocycles. The van der Waals surface area contributed by atoms with Gasteiger partial charge < -0.3 is 15.0 Å². The summed E-state index contributed by atoms with van der Waals surface area (Å²) in [5, 5.41) is 2.86. The minimum absolute atomic E-state index is 0.0429. The lowest BCUT2D eigenvalue weighted by Crippen LogP contribution is -2.48. The summed E-state index contributed by atoms with van der Waals surface area (Å²) >= 11 is 0. The van der Waals surface area contributed by atoms with Gasteiger partial charge in [0, 0.05) is 18.0 Å². The van der Waals surface area contributed by atoms with Crippen LogP contribution < -0.4 is 5.32 Å². The summed E-state index contributed by atoms with van der Waals surface area (Å²) in [5.74, 6) is 0.344. The summed E-state index contributed by atoms with van der Waals surface area (Å²) in [5.41, 5.74) is 0.0666. The summed E-state index contributed by atoms with van der Waals surface area (Å²) in [4.78, 5) is 39.1. The molecule has 1 atom stereocenters. The second kappa shape index (κ2) is 17.6. The van der Waals surface area contributed by atoms with Crippen molar-refractivity contribution in [1.82, 2.24) is 10.2 Å². The molecule has 0 aliphatic heterocycles. The Kier molecular flexibility index (Phi) is 17.8. The average molecular weight is 469 g/mol. The van der Waals surface area contributed by atoms with Crippen LogP contribution in [0.15, 0.2) is 11.6 Å². The van der Waals surface area contributed by atoms with Crippen molar-refractivity contribution in [3.8, 4) is 0 Å². The van der Waals surface area contributed by atoms with Gasteiger partial charge in [-0.1, -0.05) is 74.3 Å². The number of nitrogens with one attached hydrogen (secondary N) is 1. The first-order valence-corrected chi connectivity index (χ1v) is 12.7. The van der Waals surface area contributed by atoms with Gasteiger partial charge >= 0.3 is 5.97 Å². The smallest absolute Gasteiger partial charge is 0.333 e. The van der Waals surface area contributed by atoms with E-state index in [2.05, 4.69) is 33.0 Å². The third-order valence-electron chi connectivity index (χ3n) is 5.79. The van der Waals surface area contributed by atoms with Crippen LogP contribution in [0.4, 0.5) is 0 Å². The fourth-order valence-corrected chi connectivity index (χ4v) is 3.51. The van der Waals surface area contributed by atoms with Crippen LogP contribution in [0.2, 0.25) is 0 Å². The number of ether oxygens (including phenoxy) is 1. The van der Waals surface area contributed by atoms with E-state index in [9.17, 15) is 14.4 Å². The van der Waals surface area contributed by atoms with Gasteiger partial charge in [-0.2, -0.15) is 0 Å². The molecule has 6 heteroatoms. The molecule has 0 spiro atoms. The van der Waals surface area contributed by atoms with Crippen molar-refractivity contribution in [2.45, 2.75) is 107 Å². The summed E-state index contributed by atoms with van der Waals surface area (Å²) in [6.07, 6.45) is 6.16. The van der Waals surface area contributed by atoms with Gasteiger partial charge in [0.25, 0.3) is 0 Å². The van der Waals surface area contributed by atoms with Crippen LogP contribution in [-0.4, -0.2) is 48.9 Å². The SMILES string of the molecule is CC(C)C.CCCCC(CC)(CC)C(=O)NCC(=O)N(C)[C@H](/C=C(\C)C(=O)OCC)C(C)C. The highest BCUT2D eigenvalue weighted by Crippen LogP contribution is 2.32. The standard InChI is InChI=1S/C23H42N2O4.C4H10/c1-9-13-14-23(10-2,11-3)22(28)24-16-20(26)25(8)19(17(5)6)15-18(7)21(27)29-12-4;1-4(2)3/h15,17,19H,9-14,16H2,1-8H3,(H,24,28);4H,1-3H3/b18-15+;/t19-;/m1./s1. The largest absolute Gasteiger partial charge is 0.463 e. The molecule has 0 saturated heterocycles. The van der Waals surface area contributed by atoms with Crippen molar-refractivity contribution in [2.75, 3.05) is 20.2 Å². The Morgan fingerprint density at radius 2 is 1.52 bits per heavy atom. The quantitative estimate of drug-likeness (QED) is 0.276. The molecule has 0 heterocycles. The Bertz CT molecular complexity index is 604. The molecule has 0 aromatic rings. The van der Waals surface area contributed by atoms with E-state index in [0.29, 0.717) is 12.2 Å². The maximum atomic E-state index is 12.8. The number of esters is 1. The lowest BCUT2D eigenvalue weighted by molar-refractivity contribution is -0.138. The predicted molar refractivity (Wildman–Crippen MR) is 138 cm³/mol. The van der Waals surface area contributed by atoms with E-state index in [4.69, 9.17) is 4.74 Å². The highest BCUT2D eigenvalue weighted by atomic mass is 16.5. The van der Waals surface area contributed by atoms with Gasteiger partial charge in [0.2, 0.25) is 11.8 Å². The van der Waals surface area contributed by atoms with Gasteiger partial charge in [0.15, 0.2) is 0 Å². The molecule has 6 nitrogen and oxygen atoms in total. The maximum absolute atomic E-state index is 12.8. The zero-order valence-electron chi connectivity index (χ0n) is 23.3. The molecule has 0 aromatic heterocycles. The number of hydrogen-bond donors (Lipinski definition) is 1. The number of rotatable bonds is 13. The predicted octanol–water partition coefficient (Wildman–Crippen LogP) is 5.75. The lowest BCUT2D eigenvalue weighted by atomic mass is 9.77. The molecule has 2 amide bonds. The van der Waals surface area contributed by atoms with Crippen LogP contribution in [0, 0.1) is 17.3 Å². The fourth-order valence-electron chi connectivity index (χ4n) is 3.51. The molecule has 33 heavy (non-hydrogen) atoms. The van der Waals surface area contributed by atoms with Crippen molar-refractivity contribution < 1.29 is 19.1 Å². The van der Waals surface area contributed by atoms with Crippen LogP contribution in [0.3, 0.4) is 0 Å². The van der Waals surface area contributed by atoms with Gasteiger partial charge in [-0.05, 0) is 44.9 Å². The Labute approximate surface area is 203 Å².